The molecule has 1 aromatic heterocycles. The molecule has 1 rings (SSSR count). The number of hydrogen-bond acceptors (Lipinski definition) is 5. The molecular formula is C11H14N2O6S. The molecule has 1 heterocycles. The zero-order chi connectivity index (χ0) is 15.3. The topological polar surface area (TPSA) is 127 Å². The van der Waals surface area contributed by atoms with Crippen molar-refractivity contribution in [2.24, 2.45) is 0 Å². The van der Waals surface area contributed by atoms with Gasteiger partial charge < -0.3 is 15.6 Å². The molecule has 0 aliphatic heterocycles. The minimum atomic E-state index is -3.63. The molecule has 0 unspecified atom stereocenters. The Morgan fingerprint density at radius 3 is 2.50 bits per heavy atom. The summed E-state index contributed by atoms with van der Waals surface area (Å²) in [5.41, 5.74) is 0.146. The van der Waals surface area contributed by atoms with Crippen molar-refractivity contribution in [1.82, 2.24) is 0 Å². The van der Waals surface area contributed by atoms with Crippen LogP contribution in [0.3, 0.4) is 0 Å². The molecule has 0 radical (unpaired) electrons. The third-order valence-electron chi connectivity index (χ3n) is 2.34. The molecule has 110 valence electrons. The van der Waals surface area contributed by atoms with Crippen LogP contribution < -0.4 is 10.0 Å². The van der Waals surface area contributed by atoms with E-state index in [4.69, 9.17) is 5.11 Å². The van der Waals surface area contributed by atoms with E-state index in [0.717, 1.165) is 18.5 Å². The third-order valence-corrected chi connectivity index (χ3v) is 3.41. The summed E-state index contributed by atoms with van der Waals surface area (Å²) in [7, 11) is -3.63. The van der Waals surface area contributed by atoms with Gasteiger partial charge >= 0.3 is 11.0 Å². The van der Waals surface area contributed by atoms with Gasteiger partial charge in [0, 0.05) is 25.2 Å². The number of carbonyl (C=O) groups excluding carboxylic acids is 1. The summed E-state index contributed by atoms with van der Waals surface area (Å²) in [6.45, 7) is 0. The van der Waals surface area contributed by atoms with Crippen LogP contribution in [0.15, 0.2) is 23.4 Å². The second-order valence-corrected chi connectivity index (χ2v) is 6.11. The van der Waals surface area contributed by atoms with Crippen LogP contribution in [0.25, 0.3) is 0 Å². The van der Waals surface area contributed by atoms with Crippen molar-refractivity contribution in [3.8, 4) is 0 Å². The van der Waals surface area contributed by atoms with Gasteiger partial charge in [0.15, 0.2) is 0 Å². The highest BCUT2D eigenvalue weighted by Crippen LogP contribution is 2.09. The maximum absolute atomic E-state index is 11.5. The highest BCUT2D eigenvalue weighted by Gasteiger charge is 2.18. The fourth-order valence-electron chi connectivity index (χ4n) is 1.45. The first-order chi connectivity index (χ1) is 9.20. The number of pyridine rings is 1. The van der Waals surface area contributed by atoms with Gasteiger partial charge in [0.05, 0.1) is 0 Å². The van der Waals surface area contributed by atoms with E-state index in [2.05, 4.69) is 5.32 Å². The number of carboxylic acids is 1. The quantitative estimate of drug-likeness (QED) is 0.558. The fraction of sp³-hybridized carbons (Fsp3) is 0.364. The molecule has 9 heteroatoms. The lowest BCUT2D eigenvalue weighted by molar-refractivity contribution is -0.645. The van der Waals surface area contributed by atoms with Crippen molar-refractivity contribution in [2.45, 2.75) is 24.3 Å². The number of anilines is 1. The molecule has 0 spiro atoms. The first kappa shape index (κ1) is 15.9. The average Bonchev–Trinajstić information content (AvgIpc) is 2.26. The Labute approximate surface area is 115 Å². The van der Waals surface area contributed by atoms with E-state index in [1.165, 1.54) is 6.07 Å². The third kappa shape index (κ3) is 4.84. The molecular weight excluding hydrogens is 288 g/mol. The van der Waals surface area contributed by atoms with Crippen LogP contribution in [-0.2, 0) is 19.4 Å². The molecule has 20 heavy (non-hydrogen) atoms. The summed E-state index contributed by atoms with van der Waals surface area (Å²) in [6, 6.07) is 2.38. The Morgan fingerprint density at radius 2 is 2.00 bits per heavy atom. The van der Waals surface area contributed by atoms with Gasteiger partial charge in [-0.2, -0.15) is 4.73 Å². The monoisotopic (exact) mass is 302 g/mol. The van der Waals surface area contributed by atoms with Gasteiger partial charge in [0.2, 0.25) is 21.9 Å². The number of aliphatic carboxylic acids is 1. The van der Waals surface area contributed by atoms with E-state index in [1.54, 1.807) is 0 Å². The molecule has 0 fully saturated rings. The number of nitrogens with zero attached hydrogens (tertiary/aromatic N) is 1. The van der Waals surface area contributed by atoms with Crippen molar-refractivity contribution in [2.75, 3.05) is 11.6 Å². The zero-order valence-corrected chi connectivity index (χ0v) is 11.5. The fourth-order valence-corrected chi connectivity index (χ4v) is 2.15. The molecule has 0 aliphatic carbocycles. The summed E-state index contributed by atoms with van der Waals surface area (Å²) in [5, 5.41) is 21.9. The van der Waals surface area contributed by atoms with Gasteiger partial charge in [0.1, 0.15) is 5.69 Å². The maximum atomic E-state index is 11.5. The van der Waals surface area contributed by atoms with Crippen LogP contribution >= 0.6 is 0 Å². The number of rotatable bonds is 6. The zero-order valence-electron chi connectivity index (χ0n) is 10.7. The van der Waals surface area contributed by atoms with E-state index < -0.39 is 26.7 Å². The van der Waals surface area contributed by atoms with Gasteiger partial charge in [-0.05, 0) is 12.5 Å². The first-order valence-electron chi connectivity index (χ1n) is 5.65. The van der Waals surface area contributed by atoms with Crippen LogP contribution in [0.4, 0.5) is 5.69 Å². The number of amides is 1. The lowest BCUT2D eigenvalue weighted by Crippen LogP contribution is -2.33. The Bertz CT molecular complexity index is 626. The molecule has 0 aromatic carbocycles. The van der Waals surface area contributed by atoms with Gasteiger partial charge in [-0.15, -0.1) is 0 Å². The second-order valence-electron chi connectivity index (χ2n) is 4.15. The Balaban J connectivity index is 2.68. The van der Waals surface area contributed by atoms with Crippen LogP contribution in [0.2, 0.25) is 0 Å². The van der Waals surface area contributed by atoms with Gasteiger partial charge in [-0.1, -0.05) is 0 Å². The maximum Gasteiger partial charge on any atom is 0.308 e. The van der Waals surface area contributed by atoms with Gasteiger partial charge in [0.25, 0.3) is 0 Å². The number of nitrogens with one attached hydrogen (secondary N) is 1. The van der Waals surface area contributed by atoms with E-state index in [-0.39, 0.29) is 29.7 Å². The van der Waals surface area contributed by atoms with E-state index >= 15 is 0 Å². The number of hydrogen-bond donors (Lipinski definition) is 2. The standard InChI is InChI=1S/C11H14N2O6S/c1-20(18,19)10-6-5-8(7-13(10)17)12-9(14)3-2-4-11(15)16/h5-7H,2-4H2,1H3,(H,12,14)(H,15,16). The highest BCUT2D eigenvalue weighted by atomic mass is 32.2. The minimum absolute atomic E-state index is 0.00101. The molecule has 0 bridgehead atoms. The number of sulfone groups is 1. The highest BCUT2D eigenvalue weighted by molar-refractivity contribution is 7.90. The van der Waals surface area contributed by atoms with Crippen LogP contribution in [0.1, 0.15) is 19.3 Å². The number of carbonyl (C=O) groups is 2. The lowest BCUT2D eigenvalue weighted by atomic mass is 10.2. The van der Waals surface area contributed by atoms with E-state index in [0.29, 0.717) is 0 Å². The molecule has 0 atom stereocenters. The average molecular weight is 302 g/mol. The predicted octanol–water partition coefficient (Wildman–Crippen LogP) is -0.0831. The summed E-state index contributed by atoms with van der Waals surface area (Å²) < 4.78 is 22.6. The lowest BCUT2D eigenvalue weighted by Gasteiger charge is -2.06. The largest absolute Gasteiger partial charge is 0.618 e. The van der Waals surface area contributed by atoms with Crippen LogP contribution in [0, 0.1) is 5.21 Å². The molecule has 0 saturated heterocycles. The predicted molar refractivity (Wildman–Crippen MR) is 68.6 cm³/mol. The number of carboxylic acid groups (broad SMARTS) is 1. The van der Waals surface area contributed by atoms with Gasteiger partial charge in [-0.3, -0.25) is 9.59 Å². The summed E-state index contributed by atoms with van der Waals surface area (Å²) in [6.07, 6.45) is 1.90. The molecule has 0 aliphatic rings. The van der Waals surface area contributed by atoms with E-state index in [1.807, 2.05) is 0 Å². The normalized spacial score (nSPS) is 11.1. The molecule has 8 nitrogen and oxygen atoms in total. The summed E-state index contributed by atoms with van der Waals surface area (Å²) in [5.74, 6) is -1.44. The minimum Gasteiger partial charge on any atom is -0.618 e. The van der Waals surface area contributed by atoms with Crippen LogP contribution in [0.5, 0.6) is 0 Å². The Kier molecular flexibility index (Phi) is 5.03. The molecule has 1 aromatic rings. The summed E-state index contributed by atoms with van der Waals surface area (Å²) in [4.78, 5) is 21.7. The SMILES string of the molecule is CS(=O)(=O)c1ccc(NC(=O)CCCC(=O)O)c[n+]1[O-]. The smallest absolute Gasteiger partial charge is 0.308 e. The van der Waals surface area contributed by atoms with Crippen molar-refractivity contribution < 1.29 is 27.8 Å². The molecule has 0 saturated carbocycles. The van der Waals surface area contributed by atoms with Crippen molar-refractivity contribution in [1.29, 1.82) is 0 Å². The van der Waals surface area contributed by atoms with Crippen molar-refractivity contribution in [3.05, 3.63) is 23.5 Å². The Morgan fingerprint density at radius 1 is 1.35 bits per heavy atom. The van der Waals surface area contributed by atoms with E-state index in [9.17, 15) is 23.2 Å². The number of aromatic nitrogens is 1. The molecule has 1 amide bonds. The van der Waals surface area contributed by atoms with Gasteiger partial charge in [-0.25, -0.2) is 8.42 Å². The Hall–Kier alpha value is -2.16. The second kappa shape index (κ2) is 6.33. The first-order valence-corrected chi connectivity index (χ1v) is 7.54. The van der Waals surface area contributed by atoms with Crippen molar-refractivity contribution >= 4 is 27.4 Å². The summed E-state index contributed by atoms with van der Waals surface area (Å²) >= 11 is 0. The van der Waals surface area contributed by atoms with Crippen LogP contribution in [-0.4, -0.2) is 31.7 Å². The molecule has 2 N–H and O–H groups in total. The van der Waals surface area contributed by atoms with Crippen molar-refractivity contribution in [3.63, 3.8) is 0 Å².